The van der Waals surface area contributed by atoms with E-state index in [2.05, 4.69) is 5.32 Å². The summed E-state index contributed by atoms with van der Waals surface area (Å²) in [5.74, 6) is -0.774. The molecule has 1 aliphatic rings. The highest BCUT2D eigenvalue weighted by Crippen LogP contribution is 2.24. The highest BCUT2D eigenvalue weighted by Gasteiger charge is 2.35. The van der Waals surface area contributed by atoms with Crippen LogP contribution in [0.1, 0.15) is 36.8 Å². The van der Waals surface area contributed by atoms with Crippen molar-refractivity contribution < 1.29 is 18.0 Å². The molecule has 0 saturated heterocycles. The molecule has 41 heavy (non-hydrogen) atoms. The summed E-state index contributed by atoms with van der Waals surface area (Å²) in [5, 5.41) is 3.62. The van der Waals surface area contributed by atoms with Gasteiger partial charge < -0.3 is 10.2 Å². The Labute approximate surface area is 248 Å². The zero-order chi connectivity index (χ0) is 29.4. The summed E-state index contributed by atoms with van der Waals surface area (Å²) < 4.78 is 29.0. The summed E-state index contributed by atoms with van der Waals surface area (Å²) in [6, 6.07) is 24.3. The molecule has 218 valence electrons. The first kappa shape index (κ1) is 30.6. The first-order chi connectivity index (χ1) is 19.7. The number of carbonyl (C=O) groups is 2. The van der Waals surface area contributed by atoms with Gasteiger partial charge in [-0.25, -0.2) is 4.31 Å². The van der Waals surface area contributed by atoms with E-state index in [0.717, 1.165) is 39.9 Å². The maximum absolute atomic E-state index is 14.3. The maximum atomic E-state index is 14.3. The van der Waals surface area contributed by atoms with Gasteiger partial charge >= 0.3 is 10.2 Å². The molecule has 0 bridgehead atoms. The molecule has 0 spiro atoms. The minimum atomic E-state index is -4.03. The highest BCUT2D eigenvalue weighted by molar-refractivity contribution is 7.90. The van der Waals surface area contributed by atoms with Gasteiger partial charge in [0.15, 0.2) is 0 Å². The number of hydrogen-bond donors (Lipinski definition) is 1. The fraction of sp³-hybridized carbons (Fsp3) is 0.355. The lowest BCUT2D eigenvalue weighted by atomic mass is 10.0. The van der Waals surface area contributed by atoms with Crippen molar-refractivity contribution in [1.82, 2.24) is 14.5 Å². The number of nitrogens with one attached hydrogen (secondary N) is 1. The number of amides is 2. The van der Waals surface area contributed by atoms with Crippen LogP contribution in [0.5, 0.6) is 0 Å². The molecule has 1 fully saturated rings. The number of carbonyl (C=O) groups excluding carboxylic acids is 2. The molecule has 3 aromatic carbocycles. The number of nitrogens with zero attached hydrogens (tertiary/aromatic N) is 3. The number of anilines is 1. The van der Waals surface area contributed by atoms with Gasteiger partial charge in [0.25, 0.3) is 0 Å². The summed E-state index contributed by atoms with van der Waals surface area (Å²) in [5.41, 5.74) is 1.90. The molecule has 2 amide bonds. The van der Waals surface area contributed by atoms with Crippen LogP contribution in [-0.4, -0.2) is 62.2 Å². The van der Waals surface area contributed by atoms with Gasteiger partial charge in [0.1, 0.15) is 12.6 Å². The Bertz CT molecular complexity index is 1410. The Balaban J connectivity index is 1.75. The molecule has 0 unspecified atom stereocenters. The first-order valence-electron chi connectivity index (χ1n) is 13.8. The van der Waals surface area contributed by atoms with E-state index < -0.39 is 28.7 Å². The summed E-state index contributed by atoms with van der Waals surface area (Å²) in [6.45, 7) is -0.449. The quantitative estimate of drug-likeness (QED) is 0.330. The second-order valence-corrected chi connectivity index (χ2v) is 12.9. The zero-order valence-corrected chi connectivity index (χ0v) is 25.0. The van der Waals surface area contributed by atoms with E-state index in [4.69, 9.17) is 11.6 Å². The smallest absolute Gasteiger partial charge is 0.304 e. The van der Waals surface area contributed by atoms with Crippen LogP contribution < -0.4 is 9.62 Å². The van der Waals surface area contributed by atoms with Gasteiger partial charge in [0.2, 0.25) is 11.8 Å². The Morgan fingerprint density at radius 2 is 1.49 bits per heavy atom. The number of hydrogen-bond acceptors (Lipinski definition) is 4. The van der Waals surface area contributed by atoms with Crippen molar-refractivity contribution in [3.05, 3.63) is 101 Å². The number of halogens is 1. The molecule has 10 heteroatoms. The van der Waals surface area contributed by atoms with Crippen molar-refractivity contribution in [1.29, 1.82) is 0 Å². The third-order valence-corrected chi connectivity index (χ3v) is 9.52. The summed E-state index contributed by atoms with van der Waals surface area (Å²) in [4.78, 5) is 29.6. The van der Waals surface area contributed by atoms with Crippen LogP contribution in [0.3, 0.4) is 0 Å². The standard InChI is InChI=1S/C31H37ClN4O4S/c1-34(2)41(39,40)36(27-18-7-4-8-19-27)23-30(37)35(22-25-15-9-12-20-28(25)32)29(21-24-13-5-3-6-14-24)31(38)33-26-16-10-11-17-26/h3-9,12-15,18-20,26,29H,10-11,16-17,21-23H2,1-2H3,(H,33,38)/t29-/m1/s1. The maximum Gasteiger partial charge on any atom is 0.304 e. The number of rotatable bonds is 12. The van der Waals surface area contributed by atoms with Gasteiger partial charge in [0, 0.05) is 38.1 Å². The van der Waals surface area contributed by atoms with Crippen molar-refractivity contribution in [3.8, 4) is 0 Å². The molecular weight excluding hydrogens is 560 g/mol. The van der Waals surface area contributed by atoms with Crippen molar-refractivity contribution in [3.63, 3.8) is 0 Å². The van der Waals surface area contributed by atoms with Gasteiger partial charge in [-0.15, -0.1) is 0 Å². The molecule has 0 heterocycles. The molecule has 0 radical (unpaired) electrons. The van der Waals surface area contributed by atoms with Gasteiger partial charge in [-0.3, -0.25) is 9.59 Å². The Morgan fingerprint density at radius 1 is 0.902 bits per heavy atom. The van der Waals surface area contributed by atoms with E-state index in [1.54, 1.807) is 42.5 Å². The van der Waals surface area contributed by atoms with Gasteiger partial charge in [-0.05, 0) is 42.2 Å². The van der Waals surface area contributed by atoms with Crippen molar-refractivity contribution in [2.75, 3.05) is 24.9 Å². The molecule has 1 atom stereocenters. The molecule has 0 aromatic heterocycles. The van der Waals surface area contributed by atoms with E-state index >= 15 is 0 Å². The largest absolute Gasteiger partial charge is 0.352 e. The molecule has 1 saturated carbocycles. The second-order valence-electron chi connectivity index (χ2n) is 10.4. The third kappa shape index (κ3) is 7.87. The predicted molar refractivity (Wildman–Crippen MR) is 163 cm³/mol. The predicted octanol–water partition coefficient (Wildman–Crippen LogP) is 4.65. The SMILES string of the molecule is CN(C)S(=O)(=O)N(CC(=O)N(Cc1ccccc1Cl)[C@H](Cc1ccccc1)C(=O)NC1CCCC1)c1ccccc1. The van der Waals surface area contributed by atoms with Crippen molar-refractivity contribution in [2.45, 2.75) is 50.7 Å². The van der Waals surface area contributed by atoms with Crippen LogP contribution in [0.2, 0.25) is 5.02 Å². The van der Waals surface area contributed by atoms with Crippen LogP contribution in [-0.2, 0) is 32.8 Å². The lowest BCUT2D eigenvalue weighted by Crippen LogP contribution is -2.55. The van der Waals surface area contributed by atoms with Crippen LogP contribution in [0.25, 0.3) is 0 Å². The fourth-order valence-electron chi connectivity index (χ4n) is 5.04. The highest BCUT2D eigenvalue weighted by atomic mass is 35.5. The fourth-order valence-corrected chi connectivity index (χ4v) is 6.29. The second kappa shape index (κ2) is 14.0. The topological polar surface area (TPSA) is 90.0 Å². The molecule has 1 aliphatic carbocycles. The van der Waals surface area contributed by atoms with Crippen molar-refractivity contribution in [2.24, 2.45) is 0 Å². The van der Waals surface area contributed by atoms with Crippen LogP contribution in [0, 0.1) is 0 Å². The number of benzene rings is 3. The normalized spacial score (nSPS) is 14.5. The summed E-state index contributed by atoms with van der Waals surface area (Å²) in [6.07, 6.45) is 4.15. The Kier molecular flexibility index (Phi) is 10.4. The molecule has 4 rings (SSSR count). The molecular formula is C31H37ClN4O4S. The van der Waals surface area contributed by atoms with Crippen LogP contribution in [0.4, 0.5) is 5.69 Å². The monoisotopic (exact) mass is 596 g/mol. The molecule has 8 nitrogen and oxygen atoms in total. The van der Waals surface area contributed by atoms with Gasteiger partial charge in [-0.1, -0.05) is 91.2 Å². The lowest BCUT2D eigenvalue weighted by Gasteiger charge is -2.35. The van der Waals surface area contributed by atoms with E-state index in [0.29, 0.717) is 16.3 Å². The van der Waals surface area contributed by atoms with Crippen LogP contribution >= 0.6 is 11.6 Å². The van der Waals surface area contributed by atoms with Crippen LogP contribution in [0.15, 0.2) is 84.9 Å². The van der Waals surface area contributed by atoms with Gasteiger partial charge in [-0.2, -0.15) is 12.7 Å². The summed E-state index contributed by atoms with van der Waals surface area (Å²) in [7, 11) is -1.19. The van der Waals surface area contributed by atoms with E-state index in [-0.39, 0.29) is 24.9 Å². The molecule has 0 aliphatic heterocycles. The van der Waals surface area contributed by atoms with E-state index in [9.17, 15) is 18.0 Å². The average molecular weight is 597 g/mol. The first-order valence-corrected chi connectivity index (χ1v) is 15.6. The Morgan fingerprint density at radius 3 is 2.10 bits per heavy atom. The van der Waals surface area contributed by atoms with Gasteiger partial charge in [0.05, 0.1) is 5.69 Å². The molecule has 1 N–H and O–H groups in total. The molecule has 3 aromatic rings. The van der Waals surface area contributed by atoms with Crippen molar-refractivity contribution >= 4 is 39.3 Å². The van der Waals surface area contributed by atoms with E-state index in [1.807, 2.05) is 42.5 Å². The zero-order valence-electron chi connectivity index (χ0n) is 23.4. The van der Waals surface area contributed by atoms with E-state index in [1.165, 1.54) is 19.0 Å². The minimum Gasteiger partial charge on any atom is -0.352 e. The number of para-hydroxylation sites is 1. The Hall–Kier alpha value is -3.40. The summed E-state index contributed by atoms with van der Waals surface area (Å²) >= 11 is 6.52. The average Bonchev–Trinajstić information content (AvgIpc) is 3.48. The minimum absolute atomic E-state index is 0.0404. The lowest BCUT2D eigenvalue weighted by molar-refractivity contribution is -0.140. The third-order valence-electron chi connectivity index (χ3n) is 7.33.